The van der Waals surface area contributed by atoms with Crippen LogP contribution in [-0.4, -0.2) is 28.0 Å². The van der Waals surface area contributed by atoms with Crippen LogP contribution in [0, 0.1) is 11.7 Å². The van der Waals surface area contributed by atoms with Crippen LogP contribution in [0.15, 0.2) is 53.4 Å². The summed E-state index contributed by atoms with van der Waals surface area (Å²) in [5.41, 5.74) is 0.601. The predicted molar refractivity (Wildman–Crippen MR) is 93.6 cm³/mol. The van der Waals surface area contributed by atoms with E-state index in [1.54, 1.807) is 18.2 Å². The number of ether oxygens (including phenoxy) is 1. The Morgan fingerprint density at radius 1 is 1.16 bits per heavy atom. The molecule has 0 heterocycles. The molecule has 0 amide bonds. The van der Waals surface area contributed by atoms with Crippen molar-refractivity contribution in [3.63, 3.8) is 0 Å². The van der Waals surface area contributed by atoms with E-state index in [0.29, 0.717) is 5.69 Å². The standard InChI is InChI=1S/C18H20FNO4S/c1-13(2)12-20(16-6-4-5-14(11-16)18(21)24-3)25(22,23)17-9-7-15(19)8-10-17/h4-11,13H,12H2,1-3H3. The number of esters is 1. The number of hydrogen-bond acceptors (Lipinski definition) is 4. The van der Waals surface area contributed by atoms with Gasteiger partial charge in [0.15, 0.2) is 0 Å². The summed E-state index contributed by atoms with van der Waals surface area (Å²) in [5.74, 6) is -1.02. The number of hydrogen-bond donors (Lipinski definition) is 0. The van der Waals surface area contributed by atoms with Gasteiger partial charge in [-0.05, 0) is 48.4 Å². The first-order valence-electron chi connectivity index (χ1n) is 7.72. The molecule has 0 fully saturated rings. The zero-order valence-electron chi connectivity index (χ0n) is 14.3. The lowest BCUT2D eigenvalue weighted by molar-refractivity contribution is 0.0600. The van der Waals surface area contributed by atoms with Crippen LogP contribution in [0.4, 0.5) is 10.1 Å². The van der Waals surface area contributed by atoms with E-state index in [4.69, 9.17) is 0 Å². The fourth-order valence-corrected chi connectivity index (χ4v) is 3.93. The van der Waals surface area contributed by atoms with Gasteiger partial charge in [0.05, 0.1) is 23.3 Å². The molecule has 0 unspecified atom stereocenters. The van der Waals surface area contributed by atoms with Gasteiger partial charge in [0.25, 0.3) is 10.0 Å². The van der Waals surface area contributed by atoms with E-state index in [0.717, 1.165) is 12.1 Å². The molecule has 0 N–H and O–H groups in total. The number of sulfonamides is 1. The Morgan fingerprint density at radius 2 is 1.80 bits per heavy atom. The summed E-state index contributed by atoms with van der Waals surface area (Å²) in [6.45, 7) is 3.99. The molecule has 0 aliphatic rings. The molecule has 0 spiro atoms. The van der Waals surface area contributed by atoms with Gasteiger partial charge in [-0.3, -0.25) is 4.31 Å². The van der Waals surface area contributed by atoms with Crippen LogP contribution in [-0.2, 0) is 14.8 Å². The summed E-state index contributed by atoms with van der Waals surface area (Å²) < 4.78 is 45.1. The lowest BCUT2D eigenvalue weighted by Gasteiger charge is -2.26. The molecule has 0 saturated carbocycles. The summed E-state index contributed by atoms with van der Waals surface area (Å²) in [6, 6.07) is 10.9. The Labute approximate surface area is 147 Å². The first-order valence-corrected chi connectivity index (χ1v) is 9.16. The molecule has 0 aromatic heterocycles. The van der Waals surface area contributed by atoms with Crippen LogP contribution < -0.4 is 4.31 Å². The number of halogens is 1. The lowest BCUT2D eigenvalue weighted by Crippen LogP contribution is -2.34. The summed E-state index contributed by atoms with van der Waals surface area (Å²) >= 11 is 0. The molecule has 2 aromatic rings. The van der Waals surface area contributed by atoms with Crippen LogP contribution in [0.1, 0.15) is 24.2 Å². The monoisotopic (exact) mass is 365 g/mol. The Bertz CT molecular complexity index is 848. The highest BCUT2D eigenvalue weighted by molar-refractivity contribution is 7.92. The minimum absolute atomic E-state index is 0.0157. The predicted octanol–water partition coefficient (Wildman–Crippen LogP) is 3.46. The number of anilines is 1. The molecule has 134 valence electrons. The van der Waals surface area contributed by atoms with Crippen molar-refractivity contribution in [3.8, 4) is 0 Å². The molecule has 0 aliphatic carbocycles. The third-order valence-electron chi connectivity index (χ3n) is 3.49. The average molecular weight is 365 g/mol. The molecule has 0 bridgehead atoms. The third kappa shape index (κ3) is 4.36. The molecule has 0 radical (unpaired) electrons. The van der Waals surface area contributed by atoms with Crippen molar-refractivity contribution in [2.45, 2.75) is 18.7 Å². The van der Waals surface area contributed by atoms with Crippen molar-refractivity contribution in [1.29, 1.82) is 0 Å². The van der Waals surface area contributed by atoms with Crippen molar-refractivity contribution < 1.29 is 22.3 Å². The summed E-state index contributed by atoms with van der Waals surface area (Å²) in [6.07, 6.45) is 0. The second-order valence-corrected chi connectivity index (χ2v) is 7.79. The van der Waals surface area contributed by atoms with Gasteiger partial charge in [0.2, 0.25) is 0 Å². The Hall–Kier alpha value is -2.41. The van der Waals surface area contributed by atoms with Crippen LogP contribution in [0.2, 0.25) is 0 Å². The van der Waals surface area contributed by atoms with Gasteiger partial charge >= 0.3 is 5.97 Å². The highest BCUT2D eigenvalue weighted by Gasteiger charge is 2.26. The SMILES string of the molecule is COC(=O)c1cccc(N(CC(C)C)S(=O)(=O)c2ccc(F)cc2)c1. The summed E-state index contributed by atoms with van der Waals surface area (Å²) in [5, 5.41) is 0. The summed E-state index contributed by atoms with van der Waals surface area (Å²) in [4.78, 5) is 11.7. The highest BCUT2D eigenvalue weighted by Crippen LogP contribution is 2.26. The maximum atomic E-state index is 13.1. The zero-order valence-corrected chi connectivity index (χ0v) is 15.1. The van der Waals surface area contributed by atoms with Crippen LogP contribution >= 0.6 is 0 Å². The van der Waals surface area contributed by atoms with Crippen LogP contribution in [0.25, 0.3) is 0 Å². The molecular formula is C18H20FNO4S. The number of rotatable bonds is 6. The molecule has 2 aromatic carbocycles. The minimum atomic E-state index is -3.90. The van der Waals surface area contributed by atoms with E-state index >= 15 is 0 Å². The van der Waals surface area contributed by atoms with E-state index in [1.165, 1.54) is 29.6 Å². The second-order valence-electron chi connectivity index (χ2n) is 5.93. The second kappa shape index (κ2) is 7.65. The number of nitrogens with zero attached hydrogens (tertiary/aromatic N) is 1. The van der Waals surface area contributed by atoms with Gasteiger partial charge in [0.1, 0.15) is 5.82 Å². The van der Waals surface area contributed by atoms with Crippen molar-refractivity contribution in [3.05, 3.63) is 59.9 Å². The Kier molecular flexibility index (Phi) is 5.79. The molecule has 0 aliphatic heterocycles. The van der Waals surface area contributed by atoms with Crippen molar-refractivity contribution in [2.24, 2.45) is 5.92 Å². The molecule has 7 heteroatoms. The van der Waals surface area contributed by atoms with Crippen molar-refractivity contribution >= 4 is 21.7 Å². The number of carbonyl (C=O) groups is 1. The molecule has 25 heavy (non-hydrogen) atoms. The van der Waals surface area contributed by atoms with Gasteiger partial charge in [-0.25, -0.2) is 17.6 Å². The van der Waals surface area contributed by atoms with E-state index in [-0.39, 0.29) is 22.9 Å². The quantitative estimate of drug-likeness (QED) is 0.736. The van der Waals surface area contributed by atoms with Crippen molar-refractivity contribution in [1.82, 2.24) is 0 Å². The maximum Gasteiger partial charge on any atom is 0.337 e. The molecule has 0 saturated heterocycles. The third-order valence-corrected chi connectivity index (χ3v) is 5.30. The molecule has 0 atom stereocenters. The fraction of sp³-hybridized carbons (Fsp3) is 0.278. The number of methoxy groups -OCH3 is 1. The topological polar surface area (TPSA) is 63.7 Å². The molecule has 2 rings (SSSR count). The highest BCUT2D eigenvalue weighted by atomic mass is 32.2. The minimum Gasteiger partial charge on any atom is -0.465 e. The Balaban J connectivity index is 2.52. The van der Waals surface area contributed by atoms with E-state index in [9.17, 15) is 17.6 Å². The molecule has 5 nitrogen and oxygen atoms in total. The lowest BCUT2D eigenvalue weighted by atomic mass is 10.2. The number of carbonyl (C=O) groups excluding carboxylic acids is 1. The van der Waals surface area contributed by atoms with Crippen molar-refractivity contribution in [2.75, 3.05) is 18.0 Å². The van der Waals surface area contributed by atoms with E-state index in [1.807, 2.05) is 13.8 Å². The normalized spacial score (nSPS) is 11.4. The van der Waals surface area contributed by atoms with Crippen LogP contribution in [0.3, 0.4) is 0 Å². The first-order chi connectivity index (χ1) is 11.8. The largest absolute Gasteiger partial charge is 0.465 e. The van der Waals surface area contributed by atoms with Gasteiger partial charge in [-0.1, -0.05) is 19.9 Å². The van der Waals surface area contributed by atoms with Gasteiger partial charge in [0, 0.05) is 6.54 Å². The van der Waals surface area contributed by atoms with Gasteiger partial charge in [-0.2, -0.15) is 0 Å². The average Bonchev–Trinajstić information content (AvgIpc) is 2.59. The van der Waals surface area contributed by atoms with Gasteiger partial charge < -0.3 is 4.74 Å². The number of benzene rings is 2. The molecular weight excluding hydrogens is 345 g/mol. The van der Waals surface area contributed by atoms with Gasteiger partial charge in [-0.15, -0.1) is 0 Å². The summed E-state index contributed by atoms with van der Waals surface area (Å²) in [7, 11) is -2.64. The zero-order chi connectivity index (χ0) is 18.6. The first kappa shape index (κ1) is 18.9. The Morgan fingerprint density at radius 3 is 2.36 bits per heavy atom. The smallest absolute Gasteiger partial charge is 0.337 e. The van der Waals surface area contributed by atoms with E-state index < -0.39 is 21.8 Å². The maximum absolute atomic E-state index is 13.1. The van der Waals surface area contributed by atoms with Crippen LogP contribution in [0.5, 0.6) is 0 Å². The fourth-order valence-electron chi connectivity index (χ4n) is 2.31. The van der Waals surface area contributed by atoms with E-state index in [2.05, 4.69) is 4.74 Å².